The number of rotatable bonds is 2. The second kappa shape index (κ2) is 6.06. The topological polar surface area (TPSA) is 55.6 Å². The summed E-state index contributed by atoms with van der Waals surface area (Å²) >= 11 is 0. The van der Waals surface area contributed by atoms with E-state index in [9.17, 15) is 4.79 Å². The molecular weight excluding hydrogens is 264 g/mol. The Morgan fingerprint density at radius 2 is 2.14 bits per heavy atom. The monoisotopic (exact) mass is 290 g/mol. The first kappa shape index (κ1) is 15.8. The molecule has 116 valence electrons. The lowest BCUT2D eigenvalue weighted by atomic mass is 9.93. The van der Waals surface area contributed by atoms with Crippen molar-refractivity contribution in [3.63, 3.8) is 0 Å². The highest BCUT2D eigenvalue weighted by Gasteiger charge is 2.39. The van der Waals surface area contributed by atoms with Crippen LogP contribution in [-0.4, -0.2) is 29.7 Å². The van der Waals surface area contributed by atoms with Crippen molar-refractivity contribution in [2.75, 3.05) is 13.1 Å². The molecule has 0 saturated carbocycles. The maximum Gasteiger partial charge on any atom is 0.410 e. The molecule has 0 bridgehead atoms. The molecule has 21 heavy (non-hydrogen) atoms. The Balaban J connectivity index is 2.26. The molecule has 0 spiro atoms. The lowest BCUT2D eigenvalue weighted by Gasteiger charge is -2.31. The largest absolute Gasteiger partial charge is 0.444 e. The van der Waals surface area contributed by atoms with Gasteiger partial charge in [-0.2, -0.15) is 0 Å². The van der Waals surface area contributed by atoms with Crippen molar-refractivity contribution in [1.29, 1.82) is 0 Å². The van der Waals surface area contributed by atoms with Crippen LogP contribution in [0, 0.1) is 12.8 Å². The van der Waals surface area contributed by atoms with E-state index in [0.717, 1.165) is 12.0 Å². The van der Waals surface area contributed by atoms with E-state index in [1.54, 1.807) is 0 Å². The van der Waals surface area contributed by atoms with E-state index in [1.807, 2.05) is 31.7 Å². The van der Waals surface area contributed by atoms with Crippen LogP contribution in [-0.2, 0) is 4.74 Å². The Hall–Kier alpha value is -1.55. The summed E-state index contributed by atoms with van der Waals surface area (Å²) in [5.74, 6) is 0.291. The molecule has 4 heteroatoms. The molecule has 1 aromatic rings. The van der Waals surface area contributed by atoms with Crippen molar-refractivity contribution in [3.8, 4) is 0 Å². The standard InChI is InChI=1S/C17H26N2O2/c1-12-6-5-7-13(10-12)15-14(11-18)8-9-19(15)16(20)21-17(2,3)4/h5-7,10,14-15H,8-9,11,18H2,1-4H3. The number of nitrogens with zero attached hydrogens (tertiary/aromatic N) is 1. The normalized spacial score (nSPS) is 22.4. The van der Waals surface area contributed by atoms with E-state index in [-0.39, 0.29) is 12.1 Å². The first-order valence-corrected chi connectivity index (χ1v) is 7.58. The molecular formula is C17H26N2O2. The number of ether oxygens (including phenoxy) is 1. The van der Waals surface area contributed by atoms with Crippen LogP contribution in [0.3, 0.4) is 0 Å². The van der Waals surface area contributed by atoms with Crippen LogP contribution in [0.5, 0.6) is 0 Å². The molecule has 0 aliphatic carbocycles. The van der Waals surface area contributed by atoms with Gasteiger partial charge >= 0.3 is 6.09 Å². The van der Waals surface area contributed by atoms with E-state index < -0.39 is 5.60 Å². The molecule has 2 N–H and O–H groups in total. The number of hydrogen-bond donors (Lipinski definition) is 1. The van der Waals surface area contributed by atoms with E-state index >= 15 is 0 Å². The zero-order valence-electron chi connectivity index (χ0n) is 13.4. The lowest BCUT2D eigenvalue weighted by Crippen LogP contribution is -2.38. The van der Waals surface area contributed by atoms with Gasteiger partial charge in [0, 0.05) is 6.54 Å². The van der Waals surface area contributed by atoms with Crippen molar-refractivity contribution < 1.29 is 9.53 Å². The second-order valence-corrected chi connectivity index (χ2v) is 6.82. The molecule has 2 unspecified atom stereocenters. The van der Waals surface area contributed by atoms with Gasteiger partial charge in [-0.15, -0.1) is 0 Å². The number of aryl methyl sites for hydroxylation is 1. The van der Waals surface area contributed by atoms with E-state index in [2.05, 4.69) is 25.1 Å². The quantitative estimate of drug-likeness (QED) is 0.909. The van der Waals surface area contributed by atoms with Gasteiger partial charge in [0.2, 0.25) is 0 Å². The Morgan fingerprint density at radius 3 is 2.71 bits per heavy atom. The van der Waals surface area contributed by atoms with E-state index in [4.69, 9.17) is 10.5 Å². The third kappa shape index (κ3) is 3.76. The predicted octanol–water partition coefficient (Wildman–Crippen LogP) is 3.25. The summed E-state index contributed by atoms with van der Waals surface area (Å²) in [6, 6.07) is 8.32. The number of carbonyl (C=O) groups excluding carboxylic acids is 1. The zero-order chi connectivity index (χ0) is 15.6. The van der Waals surface area contributed by atoms with Crippen LogP contribution in [0.2, 0.25) is 0 Å². The Bertz CT molecular complexity index is 508. The molecule has 4 nitrogen and oxygen atoms in total. The van der Waals surface area contributed by atoms with Gasteiger partial charge in [-0.3, -0.25) is 0 Å². The molecule has 2 rings (SSSR count). The molecule has 1 aliphatic heterocycles. The summed E-state index contributed by atoms with van der Waals surface area (Å²) in [5, 5.41) is 0. The highest BCUT2D eigenvalue weighted by atomic mass is 16.6. The predicted molar refractivity (Wildman–Crippen MR) is 84.0 cm³/mol. The first-order valence-electron chi connectivity index (χ1n) is 7.58. The highest BCUT2D eigenvalue weighted by molar-refractivity contribution is 5.69. The van der Waals surface area contributed by atoms with Crippen molar-refractivity contribution in [3.05, 3.63) is 35.4 Å². The zero-order valence-corrected chi connectivity index (χ0v) is 13.4. The summed E-state index contributed by atoms with van der Waals surface area (Å²) < 4.78 is 5.54. The molecule has 1 fully saturated rings. The summed E-state index contributed by atoms with van der Waals surface area (Å²) in [4.78, 5) is 14.3. The average molecular weight is 290 g/mol. The Labute approximate surface area is 127 Å². The van der Waals surface area contributed by atoms with Crippen LogP contribution in [0.1, 0.15) is 44.4 Å². The molecule has 1 aliphatic rings. The van der Waals surface area contributed by atoms with Crippen molar-refractivity contribution in [2.45, 2.75) is 45.8 Å². The van der Waals surface area contributed by atoms with Crippen LogP contribution in [0.4, 0.5) is 4.79 Å². The summed E-state index contributed by atoms with van der Waals surface area (Å²) in [6.07, 6.45) is 0.680. The minimum atomic E-state index is -0.477. The van der Waals surface area contributed by atoms with Gasteiger partial charge in [-0.1, -0.05) is 29.8 Å². The van der Waals surface area contributed by atoms with Gasteiger partial charge in [-0.05, 0) is 52.1 Å². The van der Waals surface area contributed by atoms with Gasteiger partial charge < -0.3 is 15.4 Å². The summed E-state index contributed by atoms with van der Waals surface area (Å²) in [7, 11) is 0. The van der Waals surface area contributed by atoms with Gasteiger partial charge in [-0.25, -0.2) is 4.79 Å². The van der Waals surface area contributed by atoms with Gasteiger partial charge in [0.15, 0.2) is 0 Å². The molecule has 1 aromatic carbocycles. The third-order valence-corrected chi connectivity index (χ3v) is 3.84. The molecule has 0 radical (unpaired) electrons. The number of nitrogens with two attached hydrogens (primary N) is 1. The minimum Gasteiger partial charge on any atom is -0.444 e. The van der Waals surface area contributed by atoms with Crippen molar-refractivity contribution >= 4 is 6.09 Å². The smallest absolute Gasteiger partial charge is 0.410 e. The first-order chi connectivity index (χ1) is 9.81. The van der Waals surface area contributed by atoms with E-state index in [1.165, 1.54) is 5.56 Å². The van der Waals surface area contributed by atoms with Gasteiger partial charge in [0.25, 0.3) is 0 Å². The fourth-order valence-corrected chi connectivity index (χ4v) is 2.93. The number of carbonyl (C=O) groups is 1. The highest BCUT2D eigenvalue weighted by Crippen LogP contribution is 2.37. The number of benzene rings is 1. The number of hydrogen-bond acceptors (Lipinski definition) is 3. The maximum absolute atomic E-state index is 12.5. The SMILES string of the molecule is Cc1cccc(C2C(CN)CCN2C(=O)OC(C)(C)C)c1. The Kier molecular flexibility index (Phi) is 4.57. The minimum absolute atomic E-state index is 0.0183. The molecule has 2 atom stereocenters. The lowest BCUT2D eigenvalue weighted by molar-refractivity contribution is 0.0207. The summed E-state index contributed by atoms with van der Waals surface area (Å²) in [5.41, 5.74) is 7.77. The van der Waals surface area contributed by atoms with Crippen molar-refractivity contribution in [2.24, 2.45) is 11.7 Å². The fourth-order valence-electron chi connectivity index (χ4n) is 2.93. The molecule has 0 aromatic heterocycles. The van der Waals surface area contributed by atoms with Crippen LogP contribution >= 0.6 is 0 Å². The van der Waals surface area contributed by atoms with Crippen LogP contribution < -0.4 is 5.73 Å². The molecule has 1 amide bonds. The molecule has 1 heterocycles. The van der Waals surface area contributed by atoms with Gasteiger partial charge in [0.05, 0.1) is 6.04 Å². The van der Waals surface area contributed by atoms with Crippen molar-refractivity contribution in [1.82, 2.24) is 4.90 Å². The number of amides is 1. The fraction of sp³-hybridized carbons (Fsp3) is 0.588. The van der Waals surface area contributed by atoms with E-state index in [0.29, 0.717) is 19.0 Å². The number of likely N-dealkylation sites (tertiary alicyclic amines) is 1. The summed E-state index contributed by atoms with van der Waals surface area (Å²) in [6.45, 7) is 9.02. The second-order valence-electron chi connectivity index (χ2n) is 6.82. The molecule has 1 saturated heterocycles. The Morgan fingerprint density at radius 1 is 1.43 bits per heavy atom. The maximum atomic E-state index is 12.5. The van der Waals surface area contributed by atoms with Crippen LogP contribution in [0.15, 0.2) is 24.3 Å². The van der Waals surface area contributed by atoms with Crippen LogP contribution in [0.25, 0.3) is 0 Å². The average Bonchev–Trinajstić information content (AvgIpc) is 2.80. The van der Waals surface area contributed by atoms with Gasteiger partial charge in [0.1, 0.15) is 5.60 Å². The third-order valence-electron chi connectivity index (χ3n) is 3.84.